The van der Waals surface area contributed by atoms with Gasteiger partial charge in [0.2, 0.25) is 0 Å². The molecular weight excluding hydrogens is 854 g/mol. The van der Waals surface area contributed by atoms with Gasteiger partial charge in [-0.1, -0.05) is 256 Å². The van der Waals surface area contributed by atoms with Gasteiger partial charge in [0, 0.05) is 13.0 Å². The van der Waals surface area contributed by atoms with Crippen molar-refractivity contribution in [2.45, 2.75) is 290 Å². The highest BCUT2D eigenvalue weighted by Crippen LogP contribution is 2.38. The van der Waals surface area contributed by atoms with Crippen molar-refractivity contribution in [3.63, 3.8) is 0 Å². The van der Waals surface area contributed by atoms with Crippen LogP contribution in [0, 0.1) is 0 Å². The number of nitrogens with zero attached hydrogens (tertiary/aromatic N) is 1. The fraction of sp³-hybridized carbons (Fsp3) is 0.914. The monoisotopic (exact) mass is 968 g/mol. The average molecular weight is 969 g/mol. The van der Waals surface area contributed by atoms with Crippen LogP contribution in [0.1, 0.15) is 284 Å². The van der Waals surface area contributed by atoms with Crippen LogP contribution in [0.25, 0.3) is 0 Å². The van der Waals surface area contributed by atoms with Crippen molar-refractivity contribution in [2.75, 3.05) is 54.1 Å². The maximum atomic E-state index is 12.8. The first-order chi connectivity index (χ1) is 32.6. The van der Waals surface area contributed by atoms with Crippen LogP contribution < -0.4 is 4.89 Å². The molecule has 0 aliphatic rings. The number of carbonyl (C=O) groups excluding carboxylic acids is 1. The molecule has 67 heavy (non-hydrogen) atoms. The summed E-state index contributed by atoms with van der Waals surface area (Å²) in [6, 6.07) is 0. The quantitative estimate of drug-likeness (QED) is 0.0197. The molecule has 8 nitrogen and oxygen atoms in total. The van der Waals surface area contributed by atoms with Crippen LogP contribution in [-0.4, -0.2) is 70.7 Å². The number of ether oxygens (including phenoxy) is 2. The standard InChI is InChI=1S/C58H114NO7P/c1-6-8-10-12-14-16-18-20-22-24-26-28-29-30-31-32-33-35-37-39-41-43-45-47-49-51-58(60)66-57(56-65-67(61,62)64-54-52-59(3,4)5)55-63-53-50-48-46-44-42-40-38-36-34-27-25-23-21-19-17-15-13-11-9-7-2/h15,17,21,23,57H,6-14,16,18-20,22,24-56H2,1-5H3/b17-15-,23-21-. The predicted molar refractivity (Wildman–Crippen MR) is 287 cm³/mol. The van der Waals surface area contributed by atoms with Crippen LogP contribution >= 0.6 is 7.82 Å². The molecule has 0 aromatic carbocycles. The third kappa shape index (κ3) is 55.8. The molecule has 0 aliphatic heterocycles. The number of hydrogen-bond donors (Lipinski definition) is 0. The van der Waals surface area contributed by atoms with E-state index in [2.05, 4.69) is 38.2 Å². The second kappa shape index (κ2) is 51.3. The smallest absolute Gasteiger partial charge is 0.306 e. The molecule has 0 spiro atoms. The normalized spacial score (nSPS) is 13.6. The lowest BCUT2D eigenvalue weighted by Crippen LogP contribution is -2.37. The molecule has 0 amide bonds. The van der Waals surface area contributed by atoms with Crippen molar-refractivity contribution in [1.82, 2.24) is 0 Å². The number of carbonyl (C=O) groups is 1. The zero-order valence-electron chi connectivity index (χ0n) is 45.4. The topological polar surface area (TPSA) is 94.1 Å². The van der Waals surface area contributed by atoms with Crippen LogP contribution in [-0.2, 0) is 27.9 Å². The van der Waals surface area contributed by atoms with E-state index < -0.39 is 13.9 Å². The summed E-state index contributed by atoms with van der Waals surface area (Å²) in [4.78, 5) is 25.3. The molecule has 0 fully saturated rings. The summed E-state index contributed by atoms with van der Waals surface area (Å²) in [6.45, 7) is 5.45. The molecule has 0 saturated heterocycles. The number of allylic oxidation sites excluding steroid dienone is 4. The number of likely N-dealkylation sites (N-methyl/N-ethyl adjacent to an activating group) is 1. The van der Waals surface area contributed by atoms with E-state index in [0.717, 1.165) is 38.5 Å². The van der Waals surface area contributed by atoms with E-state index >= 15 is 0 Å². The predicted octanol–water partition coefficient (Wildman–Crippen LogP) is 17.7. The second-order valence-corrected chi connectivity index (χ2v) is 22.4. The maximum Gasteiger partial charge on any atom is 0.306 e. The van der Waals surface area contributed by atoms with Crippen molar-refractivity contribution < 1.29 is 37.3 Å². The minimum Gasteiger partial charge on any atom is -0.756 e. The molecule has 9 heteroatoms. The molecule has 0 aromatic heterocycles. The van der Waals surface area contributed by atoms with Gasteiger partial charge in [-0.05, 0) is 44.9 Å². The largest absolute Gasteiger partial charge is 0.756 e. The van der Waals surface area contributed by atoms with Gasteiger partial charge in [-0.15, -0.1) is 0 Å². The minimum atomic E-state index is -4.53. The van der Waals surface area contributed by atoms with Crippen molar-refractivity contribution in [2.24, 2.45) is 0 Å². The lowest BCUT2D eigenvalue weighted by Gasteiger charge is -2.28. The number of quaternary nitrogens is 1. The van der Waals surface area contributed by atoms with Gasteiger partial charge in [-0.2, -0.15) is 0 Å². The summed E-state index contributed by atoms with van der Waals surface area (Å²) in [5.74, 6) is -0.328. The number of hydrogen-bond acceptors (Lipinski definition) is 7. The van der Waals surface area contributed by atoms with E-state index in [1.807, 2.05) is 21.1 Å². The Morgan fingerprint density at radius 1 is 0.463 bits per heavy atom. The maximum absolute atomic E-state index is 12.8. The first kappa shape index (κ1) is 66.0. The van der Waals surface area contributed by atoms with E-state index in [1.165, 1.54) is 225 Å². The second-order valence-electron chi connectivity index (χ2n) is 21.0. The highest BCUT2D eigenvalue weighted by Gasteiger charge is 2.20. The lowest BCUT2D eigenvalue weighted by atomic mass is 10.0. The number of phosphoric acid groups is 1. The molecule has 0 aliphatic carbocycles. The third-order valence-electron chi connectivity index (χ3n) is 13.0. The van der Waals surface area contributed by atoms with E-state index in [9.17, 15) is 14.3 Å². The van der Waals surface area contributed by atoms with Gasteiger partial charge in [0.25, 0.3) is 7.82 Å². The Kier molecular flexibility index (Phi) is 50.6. The molecule has 0 heterocycles. The summed E-state index contributed by atoms with van der Waals surface area (Å²) >= 11 is 0. The van der Waals surface area contributed by atoms with Gasteiger partial charge in [-0.3, -0.25) is 9.36 Å². The molecule has 398 valence electrons. The fourth-order valence-electron chi connectivity index (χ4n) is 8.52. The lowest BCUT2D eigenvalue weighted by molar-refractivity contribution is -0.870. The fourth-order valence-corrected chi connectivity index (χ4v) is 9.25. The molecule has 0 rings (SSSR count). The van der Waals surface area contributed by atoms with E-state index in [4.69, 9.17) is 18.5 Å². The van der Waals surface area contributed by atoms with Gasteiger partial charge >= 0.3 is 5.97 Å². The third-order valence-corrected chi connectivity index (χ3v) is 14.0. The van der Waals surface area contributed by atoms with Crippen molar-refractivity contribution in [3.05, 3.63) is 24.3 Å². The zero-order chi connectivity index (χ0) is 49.0. The van der Waals surface area contributed by atoms with Gasteiger partial charge in [-0.25, -0.2) is 0 Å². The molecular formula is C58H114NO7P. The number of phosphoric ester groups is 1. The zero-order valence-corrected chi connectivity index (χ0v) is 46.3. The first-order valence-corrected chi connectivity index (χ1v) is 30.5. The van der Waals surface area contributed by atoms with E-state index in [1.54, 1.807) is 0 Å². The van der Waals surface area contributed by atoms with E-state index in [-0.39, 0.29) is 25.8 Å². The molecule has 2 unspecified atom stereocenters. The number of esters is 1. The Hall–Kier alpha value is -1.02. The van der Waals surface area contributed by atoms with Gasteiger partial charge in [0.15, 0.2) is 0 Å². The molecule has 0 aromatic rings. The summed E-state index contributed by atoms with van der Waals surface area (Å²) in [5.41, 5.74) is 0. The highest BCUT2D eigenvalue weighted by atomic mass is 31.2. The molecule has 0 bridgehead atoms. The molecule has 2 atom stereocenters. The van der Waals surface area contributed by atoms with Crippen molar-refractivity contribution >= 4 is 13.8 Å². The highest BCUT2D eigenvalue weighted by molar-refractivity contribution is 7.45. The molecule has 0 N–H and O–H groups in total. The Balaban J connectivity index is 4.02. The molecule has 0 radical (unpaired) electrons. The van der Waals surface area contributed by atoms with Crippen LogP contribution in [0.5, 0.6) is 0 Å². The van der Waals surface area contributed by atoms with Gasteiger partial charge < -0.3 is 27.9 Å². The van der Waals surface area contributed by atoms with Gasteiger partial charge in [0.1, 0.15) is 19.3 Å². The summed E-state index contributed by atoms with van der Waals surface area (Å²) in [7, 11) is 1.37. The Bertz CT molecular complexity index is 1120. The van der Waals surface area contributed by atoms with Crippen LogP contribution in [0.15, 0.2) is 24.3 Å². The summed E-state index contributed by atoms with van der Waals surface area (Å²) in [5, 5.41) is 0. The number of unbranched alkanes of at least 4 members (excludes halogenated alkanes) is 37. The number of rotatable bonds is 55. The van der Waals surface area contributed by atoms with Crippen molar-refractivity contribution in [3.8, 4) is 0 Å². The Labute approximate surface area is 417 Å². The average Bonchev–Trinajstić information content (AvgIpc) is 3.29. The summed E-state index contributed by atoms with van der Waals surface area (Å²) in [6.07, 6.45) is 62.2. The van der Waals surface area contributed by atoms with Gasteiger partial charge in [0.05, 0.1) is 34.4 Å². The van der Waals surface area contributed by atoms with Crippen LogP contribution in [0.4, 0.5) is 0 Å². The van der Waals surface area contributed by atoms with Crippen molar-refractivity contribution in [1.29, 1.82) is 0 Å². The summed E-state index contributed by atoms with van der Waals surface area (Å²) < 4.78 is 34.9. The van der Waals surface area contributed by atoms with Crippen LogP contribution in [0.2, 0.25) is 0 Å². The Morgan fingerprint density at radius 3 is 1.24 bits per heavy atom. The van der Waals surface area contributed by atoms with Crippen LogP contribution in [0.3, 0.4) is 0 Å². The SMILES string of the molecule is CCCCC/C=C\C/C=C\CCCCCCCCCCCCOCC(COP(=O)([O-])OCC[N+](C)(C)C)OC(=O)CCCCCCCCCCCCCCCCCCCCCCCCCCC. The Morgan fingerprint density at radius 2 is 0.821 bits per heavy atom. The minimum absolute atomic E-state index is 0.0282. The van der Waals surface area contributed by atoms with E-state index in [0.29, 0.717) is 24.1 Å². The first-order valence-electron chi connectivity index (χ1n) is 29.1. The molecule has 0 saturated carbocycles.